The van der Waals surface area contributed by atoms with Crippen LogP contribution in [0.3, 0.4) is 0 Å². The Morgan fingerprint density at radius 3 is 2.34 bits per heavy atom. The first-order chi connectivity index (χ1) is 20.1. The van der Waals surface area contributed by atoms with Crippen LogP contribution in [-0.4, -0.2) is 34.0 Å². The lowest BCUT2D eigenvalue weighted by molar-refractivity contribution is 0.0656. The van der Waals surface area contributed by atoms with Crippen molar-refractivity contribution in [3.63, 3.8) is 0 Å². The van der Waals surface area contributed by atoms with Gasteiger partial charge < -0.3 is 9.64 Å². The van der Waals surface area contributed by atoms with Crippen LogP contribution >= 0.6 is 0 Å². The SMILES string of the molecule is CCCCCCN(C(=O)c1cccc2ccccc12)C(CC)c1nc2ccccc2c(=O)n1-c1ccccc1OC. The molecule has 1 aromatic heterocycles. The van der Waals surface area contributed by atoms with E-state index in [0.29, 0.717) is 46.7 Å². The molecule has 1 heterocycles. The second-order valence-electron chi connectivity index (χ2n) is 10.3. The van der Waals surface area contributed by atoms with Gasteiger partial charge in [0.15, 0.2) is 0 Å². The first-order valence-corrected chi connectivity index (χ1v) is 14.5. The number of hydrogen-bond acceptors (Lipinski definition) is 4. The van der Waals surface area contributed by atoms with Crippen molar-refractivity contribution < 1.29 is 9.53 Å². The molecule has 5 rings (SSSR count). The predicted octanol–water partition coefficient (Wildman–Crippen LogP) is 7.72. The highest BCUT2D eigenvalue weighted by atomic mass is 16.5. The summed E-state index contributed by atoms with van der Waals surface area (Å²) in [7, 11) is 1.60. The van der Waals surface area contributed by atoms with Crippen LogP contribution in [0.2, 0.25) is 0 Å². The molecular weight excluding hydrogens is 510 g/mol. The Morgan fingerprint density at radius 1 is 0.854 bits per heavy atom. The van der Waals surface area contributed by atoms with E-state index in [-0.39, 0.29) is 11.5 Å². The van der Waals surface area contributed by atoms with E-state index in [1.165, 1.54) is 0 Å². The van der Waals surface area contributed by atoms with Gasteiger partial charge in [-0.15, -0.1) is 0 Å². The highest BCUT2D eigenvalue weighted by molar-refractivity contribution is 6.07. The average molecular weight is 548 g/mol. The second-order valence-corrected chi connectivity index (χ2v) is 10.3. The number of unbranched alkanes of at least 4 members (excludes halogenated alkanes) is 3. The molecule has 0 fully saturated rings. The number of nitrogens with zero attached hydrogens (tertiary/aromatic N) is 3. The van der Waals surface area contributed by atoms with Crippen LogP contribution in [0, 0.1) is 0 Å². The maximum atomic E-state index is 14.5. The van der Waals surface area contributed by atoms with E-state index in [2.05, 4.69) is 6.92 Å². The van der Waals surface area contributed by atoms with E-state index in [1.54, 1.807) is 17.7 Å². The van der Waals surface area contributed by atoms with Crippen molar-refractivity contribution in [2.75, 3.05) is 13.7 Å². The molecule has 5 aromatic rings. The smallest absolute Gasteiger partial charge is 0.266 e. The lowest BCUT2D eigenvalue weighted by Crippen LogP contribution is -2.39. The standard InChI is InChI=1S/C35H37N3O3/c1-4-6-7-14-24-37(34(39)27-20-15-17-25-16-8-9-18-26(25)27)30(5-2)33-36-29-21-11-10-19-28(29)35(40)38(33)31-22-12-13-23-32(31)41-3/h8-13,15-23,30H,4-7,14,24H2,1-3H3. The zero-order chi connectivity index (χ0) is 28.8. The summed E-state index contributed by atoms with van der Waals surface area (Å²) < 4.78 is 7.33. The van der Waals surface area contributed by atoms with E-state index < -0.39 is 6.04 Å². The van der Waals surface area contributed by atoms with Crippen LogP contribution in [-0.2, 0) is 0 Å². The van der Waals surface area contributed by atoms with E-state index in [4.69, 9.17) is 9.72 Å². The van der Waals surface area contributed by atoms with Crippen LogP contribution in [0.5, 0.6) is 5.75 Å². The van der Waals surface area contributed by atoms with Gasteiger partial charge in [0.05, 0.1) is 29.7 Å². The minimum absolute atomic E-state index is 0.0564. The Kier molecular flexibility index (Phi) is 8.78. The number of ether oxygens (including phenoxy) is 1. The first-order valence-electron chi connectivity index (χ1n) is 14.5. The quantitative estimate of drug-likeness (QED) is 0.159. The molecule has 1 atom stereocenters. The van der Waals surface area contributed by atoms with Gasteiger partial charge >= 0.3 is 0 Å². The molecule has 0 saturated heterocycles. The minimum atomic E-state index is -0.440. The topological polar surface area (TPSA) is 64.4 Å². The van der Waals surface area contributed by atoms with Crippen LogP contribution in [0.4, 0.5) is 0 Å². The summed E-state index contributed by atoms with van der Waals surface area (Å²) in [6.45, 7) is 4.79. The molecule has 6 heteroatoms. The molecule has 0 N–H and O–H groups in total. The number of para-hydroxylation sites is 3. The third kappa shape index (κ3) is 5.60. The van der Waals surface area contributed by atoms with Crippen LogP contribution in [0.25, 0.3) is 27.4 Å². The molecule has 6 nitrogen and oxygen atoms in total. The van der Waals surface area contributed by atoms with Crippen molar-refractivity contribution in [2.24, 2.45) is 0 Å². The summed E-state index contributed by atoms with van der Waals surface area (Å²) in [6, 6.07) is 28.3. The van der Waals surface area contributed by atoms with Crippen molar-refractivity contribution in [3.05, 3.63) is 113 Å². The van der Waals surface area contributed by atoms with Crippen LogP contribution < -0.4 is 10.3 Å². The summed E-state index contributed by atoms with van der Waals surface area (Å²) >= 11 is 0. The maximum absolute atomic E-state index is 14.5. The zero-order valence-electron chi connectivity index (χ0n) is 24.0. The Hall–Kier alpha value is -4.45. The fraction of sp³-hybridized carbons (Fsp3) is 0.286. The normalized spacial score (nSPS) is 12.0. The lowest BCUT2D eigenvalue weighted by atomic mass is 10.0. The molecule has 0 saturated carbocycles. The lowest BCUT2D eigenvalue weighted by Gasteiger charge is -2.33. The molecule has 0 spiro atoms. The first kappa shape index (κ1) is 28.1. The van der Waals surface area contributed by atoms with E-state index in [1.807, 2.05) is 96.8 Å². The number of methoxy groups -OCH3 is 1. The molecule has 0 aliphatic heterocycles. The summed E-state index contributed by atoms with van der Waals surface area (Å²) in [5.41, 5.74) is 1.69. The largest absolute Gasteiger partial charge is 0.495 e. The fourth-order valence-corrected chi connectivity index (χ4v) is 5.64. The highest BCUT2D eigenvalue weighted by Gasteiger charge is 2.30. The van der Waals surface area contributed by atoms with Gasteiger partial charge in [0.1, 0.15) is 11.6 Å². The molecule has 4 aromatic carbocycles. The number of rotatable bonds is 11. The van der Waals surface area contributed by atoms with Gasteiger partial charge in [-0.3, -0.25) is 14.2 Å². The Morgan fingerprint density at radius 2 is 1.56 bits per heavy atom. The molecule has 0 aliphatic carbocycles. The molecule has 0 radical (unpaired) electrons. The average Bonchev–Trinajstić information content (AvgIpc) is 3.02. The Balaban J connectivity index is 1.72. The molecule has 210 valence electrons. The van der Waals surface area contributed by atoms with Gasteiger partial charge in [-0.05, 0) is 53.9 Å². The summed E-state index contributed by atoms with van der Waals surface area (Å²) in [6.07, 6.45) is 4.69. The number of carbonyl (C=O) groups excluding carboxylic acids is 1. The second kappa shape index (κ2) is 12.8. The number of aromatic nitrogens is 2. The summed E-state index contributed by atoms with van der Waals surface area (Å²) in [5.74, 6) is 1.04. The van der Waals surface area contributed by atoms with E-state index in [0.717, 1.165) is 36.5 Å². The third-order valence-corrected chi connectivity index (χ3v) is 7.72. The monoisotopic (exact) mass is 547 g/mol. The van der Waals surface area contributed by atoms with Gasteiger partial charge in [-0.2, -0.15) is 0 Å². The third-order valence-electron chi connectivity index (χ3n) is 7.72. The minimum Gasteiger partial charge on any atom is -0.495 e. The van der Waals surface area contributed by atoms with Gasteiger partial charge in [0, 0.05) is 12.1 Å². The Bertz CT molecular complexity index is 1720. The highest BCUT2D eigenvalue weighted by Crippen LogP contribution is 2.32. The fourth-order valence-electron chi connectivity index (χ4n) is 5.64. The van der Waals surface area contributed by atoms with Crippen molar-refractivity contribution in [1.82, 2.24) is 14.5 Å². The molecule has 1 unspecified atom stereocenters. The van der Waals surface area contributed by atoms with Gasteiger partial charge in [0.25, 0.3) is 11.5 Å². The molecular formula is C35H37N3O3. The van der Waals surface area contributed by atoms with Crippen molar-refractivity contribution in [1.29, 1.82) is 0 Å². The molecule has 0 aliphatic rings. The van der Waals surface area contributed by atoms with Gasteiger partial charge in [-0.1, -0.05) is 93.8 Å². The van der Waals surface area contributed by atoms with Gasteiger partial charge in [-0.25, -0.2) is 4.98 Å². The van der Waals surface area contributed by atoms with E-state index in [9.17, 15) is 9.59 Å². The number of amides is 1. The summed E-state index contributed by atoms with van der Waals surface area (Å²) in [4.78, 5) is 35.6. The predicted molar refractivity (Wildman–Crippen MR) is 166 cm³/mol. The summed E-state index contributed by atoms with van der Waals surface area (Å²) in [5, 5.41) is 2.46. The van der Waals surface area contributed by atoms with Crippen molar-refractivity contribution >= 4 is 27.6 Å². The van der Waals surface area contributed by atoms with Crippen LogP contribution in [0.1, 0.15) is 68.2 Å². The van der Waals surface area contributed by atoms with Crippen molar-refractivity contribution in [3.8, 4) is 11.4 Å². The maximum Gasteiger partial charge on any atom is 0.266 e. The van der Waals surface area contributed by atoms with Gasteiger partial charge in [0.2, 0.25) is 0 Å². The number of fused-ring (bicyclic) bond motifs is 2. The Labute approximate surface area is 241 Å². The number of hydrogen-bond donors (Lipinski definition) is 0. The molecule has 0 bridgehead atoms. The number of carbonyl (C=O) groups is 1. The number of benzene rings is 4. The molecule has 1 amide bonds. The zero-order valence-corrected chi connectivity index (χ0v) is 24.0. The molecule has 41 heavy (non-hydrogen) atoms. The van der Waals surface area contributed by atoms with Crippen LogP contribution in [0.15, 0.2) is 95.8 Å². The van der Waals surface area contributed by atoms with Crippen molar-refractivity contribution in [2.45, 2.75) is 52.0 Å². The van der Waals surface area contributed by atoms with E-state index >= 15 is 0 Å².